The maximum Gasteiger partial charge on any atom is 0.251 e. The maximum atomic E-state index is 13.5. The molecule has 0 spiro atoms. The van der Waals surface area contributed by atoms with Gasteiger partial charge in [-0.05, 0) is 54.8 Å². The number of fused-ring (bicyclic) bond motifs is 1. The number of nitrogens with one attached hydrogen (secondary N) is 2. The Hall–Kier alpha value is -2.75. The number of aromatic amines is 1. The minimum absolute atomic E-state index is 0.0947. The zero-order valence-corrected chi connectivity index (χ0v) is 18.0. The molecule has 0 saturated carbocycles. The number of H-pyrrole nitrogens is 1. The first kappa shape index (κ1) is 21.5. The summed E-state index contributed by atoms with van der Waals surface area (Å²) >= 11 is 0. The molecule has 1 aliphatic heterocycles. The van der Waals surface area contributed by atoms with Gasteiger partial charge in [0.25, 0.3) is 5.91 Å². The third-order valence-electron chi connectivity index (χ3n) is 5.47. The zero-order valence-electron chi connectivity index (χ0n) is 17.2. The maximum absolute atomic E-state index is 13.5. The Morgan fingerprint density at radius 3 is 2.74 bits per heavy atom. The largest absolute Gasteiger partial charge is 0.379 e. The third kappa shape index (κ3) is 4.48. The summed E-state index contributed by atoms with van der Waals surface area (Å²) in [7, 11) is -3.69. The van der Waals surface area contributed by atoms with E-state index in [1.807, 2.05) is 0 Å². The Balaban J connectivity index is 1.46. The van der Waals surface area contributed by atoms with Crippen LogP contribution in [0.15, 0.2) is 47.5 Å². The Morgan fingerprint density at radius 1 is 1.19 bits per heavy atom. The molecule has 9 heteroatoms. The molecule has 4 rings (SSSR count). The third-order valence-corrected chi connectivity index (χ3v) is 7.37. The van der Waals surface area contributed by atoms with Crippen LogP contribution in [0, 0.1) is 12.7 Å². The van der Waals surface area contributed by atoms with Crippen molar-refractivity contribution in [2.24, 2.45) is 0 Å². The number of halogens is 1. The number of benzene rings is 2. The summed E-state index contributed by atoms with van der Waals surface area (Å²) < 4.78 is 45.9. The number of ether oxygens (including phenoxy) is 1. The number of sulfonamides is 1. The van der Waals surface area contributed by atoms with Crippen molar-refractivity contribution in [3.63, 3.8) is 0 Å². The van der Waals surface area contributed by atoms with E-state index in [-0.39, 0.29) is 16.6 Å². The molecule has 2 heterocycles. The second kappa shape index (κ2) is 8.78. The molecule has 3 aromatic rings. The van der Waals surface area contributed by atoms with Crippen molar-refractivity contribution < 1.29 is 22.3 Å². The van der Waals surface area contributed by atoms with Gasteiger partial charge in [0.2, 0.25) is 10.0 Å². The Kier molecular flexibility index (Phi) is 6.08. The molecule has 0 unspecified atom stereocenters. The van der Waals surface area contributed by atoms with Crippen LogP contribution in [0.3, 0.4) is 0 Å². The summed E-state index contributed by atoms with van der Waals surface area (Å²) in [5.41, 5.74) is 2.74. The number of nitrogens with zero attached hydrogens (tertiary/aromatic N) is 1. The van der Waals surface area contributed by atoms with Gasteiger partial charge in [-0.15, -0.1) is 0 Å². The molecule has 7 nitrogen and oxygen atoms in total. The van der Waals surface area contributed by atoms with E-state index < -0.39 is 10.0 Å². The molecule has 164 valence electrons. The van der Waals surface area contributed by atoms with Gasteiger partial charge in [-0.3, -0.25) is 4.79 Å². The van der Waals surface area contributed by atoms with Gasteiger partial charge in [0, 0.05) is 42.3 Å². The molecule has 0 atom stereocenters. The fraction of sp³-hybridized carbons (Fsp3) is 0.318. The van der Waals surface area contributed by atoms with E-state index in [2.05, 4.69) is 10.3 Å². The van der Waals surface area contributed by atoms with Gasteiger partial charge in [-0.1, -0.05) is 6.07 Å². The molecule has 1 aromatic heterocycles. The fourth-order valence-corrected chi connectivity index (χ4v) is 5.14. The monoisotopic (exact) mass is 445 g/mol. The highest BCUT2D eigenvalue weighted by Crippen LogP contribution is 2.22. The Morgan fingerprint density at radius 2 is 1.97 bits per heavy atom. The first-order valence-corrected chi connectivity index (χ1v) is 11.5. The highest BCUT2D eigenvalue weighted by atomic mass is 32.2. The summed E-state index contributed by atoms with van der Waals surface area (Å²) in [6, 6.07) is 9.13. The van der Waals surface area contributed by atoms with E-state index in [9.17, 15) is 17.6 Å². The zero-order chi connectivity index (χ0) is 22.0. The topological polar surface area (TPSA) is 91.5 Å². The molecule has 2 N–H and O–H groups in total. The normalized spacial score (nSPS) is 15.3. The van der Waals surface area contributed by atoms with Crippen molar-refractivity contribution in [2.75, 3.05) is 32.8 Å². The first-order chi connectivity index (χ1) is 14.9. The van der Waals surface area contributed by atoms with Crippen LogP contribution in [0.5, 0.6) is 0 Å². The van der Waals surface area contributed by atoms with Crippen LogP contribution in [0.4, 0.5) is 4.39 Å². The fourth-order valence-electron chi connectivity index (χ4n) is 3.71. The van der Waals surface area contributed by atoms with Crippen molar-refractivity contribution in [1.29, 1.82) is 0 Å². The minimum Gasteiger partial charge on any atom is -0.379 e. The minimum atomic E-state index is -3.69. The quantitative estimate of drug-likeness (QED) is 0.610. The molecule has 2 aromatic carbocycles. The van der Waals surface area contributed by atoms with E-state index in [1.165, 1.54) is 28.6 Å². The molecule has 0 bridgehead atoms. The summed E-state index contributed by atoms with van der Waals surface area (Å²) in [5.74, 6) is -0.658. The number of morpholine rings is 1. The lowest BCUT2D eigenvalue weighted by molar-refractivity contribution is 0.0730. The summed E-state index contributed by atoms with van der Waals surface area (Å²) in [5, 5.41) is 3.62. The number of hydrogen-bond acceptors (Lipinski definition) is 4. The van der Waals surface area contributed by atoms with Gasteiger partial charge in [-0.2, -0.15) is 4.31 Å². The Bertz CT molecular complexity index is 1220. The number of amides is 1. The molecule has 1 amide bonds. The van der Waals surface area contributed by atoms with Crippen molar-refractivity contribution in [1.82, 2.24) is 14.6 Å². The molecule has 1 fully saturated rings. The van der Waals surface area contributed by atoms with E-state index in [0.29, 0.717) is 50.4 Å². The highest BCUT2D eigenvalue weighted by molar-refractivity contribution is 7.89. The summed E-state index contributed by atoms with van der Waals surface area (Å²) in [4.78, 5) is 15.9. The first-order valence-electron chi connectivity index (χ1n) is 10.1. The number of aromatic nitrogens is 1. The van der Waals surface area contributed by atoms with Crippen molar-refractivity contribution in [3.8, 4) is 0 Å². The van der Waals surface area contributed by atoms with Crippen LogP contribution in [-0.4, -0.2) is 56.5 Å². The second-order valence-corrected chi connectivity index (χ2v) is 9.44. The van der Waals surface area contributed by atoms with Gasteiger partial charge in [0.1, 0.15) is 5.82 Å². The number of aryl methyl sites for hydroxylation is 1. The summed E-state index contributed by atoms with van der Waals surface area (Å²) in [6.45, 7) is 3.41. The van der Waals surface area contributed by atoms with E-state index in [4.69, 9.17) is 4.74 Å². The van der Waals surface area contributed by atoms with Gasteiger partial charge in [-0.25, -0.2) is 12.8 Å². The van der Waals surface area contributed by atoms with Crippen molar-refractivity contribution in [2.45, 2.75) is 18.2 Å². The molecule has 0 aliphatic carbocycles. The van der Waals surface area contributed by atoms with E-state index in [1.54, 1.807) is 25.3 Å². The number of rotatable bonds is 6. The SMILES string of the molecule is Cc1ccc(S(=O)(=O)N2CCOCC2)cc1C(=O)NCCc1c[nH]c2ccc(F)cc12. The van der Waals surface area contributed by atoms with Crippen LogP contribution in [0.2, 0.25) is 0 Å². The Labute approximate surface area is 180 Å². The van der Waals surface area contributed by atoms with Crippen LogP contribution in [0.1, 0.15) is 21.5 Å². The van der Waals surface area contributed by atoms with Crippen LogP contribution >= 0.6 is 0 Å². The lowest BCUT2D eigenvalue weighted by Crippen LogP contribution is -2.40. The van der Waals surface area contributed by atoms with Gasteiger partial charge in [0.05, 0.1) is 18.1 Å². The highest BCUT2D eigenvalue weighted by Gasteiger charge is 2.27. The molecule has 1 aliphatic rings. The predicted molar refractivity (Wildman–Crippen MR) is 115 cm³/mol. The molecule has 0 radical (unpaired) electrons. The number of carbonyl (C=O) groups excluding carboxylic acids is 1. The average Bonchev–Trinajstić information content (AvgIpc) is 3.16. The van der Waals surface area contributed by atoms with Crippen LogP contribution in [0.25, 0.3) is 10.9 Å². The standard InChI is InChI=1S/C22H24FN3O4S/c1-15-2-4-18(31(28,29)26-8-10-30-11-9-26)13-19(15)22(27)24-7-6-16-14-25-21-5-3-17(23)12-20(16)21/h2-5,12-14,25H,6-11H2,1H3,(H,24,27). The predicted octanol–water partition coefficient (Wildman–Crippen LogP) is 2.61. The van der Waals surface area contributed by atoms with Gasteiger partial charge < -0.3 is 15.0 Å². The molecule has 31 heavy (non-hydrogen) atoms. The van der Waals surface area contributed by atoms with E-state index in [0.717, 1.165) is 16.5 Å². The van der Waals surface area contributed by atoms with Crippen LogP contribution < -0.4 is 5.32 Å². The molecular weight excluding hydrogens is 421 g/mol. The van der Waals surface area contributed by atoms with Gasteiger partial charge in [0.15, 0.2) is 0 Å². The van der Waals surface area contributed by atoms with E-state index >= 15 is 0 Å². The summed E-state index contributed by atoms with van der Waals surface area (Å²) in [6.07, 6.45) is 2.32. The van der Waals surface area contributed by atoms with Gasteiger partial charge >= 0.3 is 0 Å². The van der Waals surface area contributed by atoms with Crippen LogP contribution in [-0.2, 0) is 21.2 Å². The van der Waals surface area contributed by atoms with Crippen molar-refractivity contribution in [3.05, 3.63) is 65.1 Å². The van der Waals surface area contributed by atoms with Crippen molar-refractivity contribution >= 4 is 26.8 Å². The number of carbonyl (C=O) groups is 1. The number of hydrogen-bond donors (Lipinski definition) is 2. The molecular formula is C22H24FN3O4S. The smallest absolute Gasteiger partial charge is 0.251 e. The lowest BCUT2D eigenvalue weighted by atomic mass is 10.1. The molecule has 1 saturated heterocycles. The lowest BCUT2D eigenvalue weighted by Gasteiger charge is -2.26. The average molecular weight is 446 g/mol. The second-order valence-electron chi connectivity index (χ2n) is 7.50.